The highest BCUT2D eigenvalue weighted by atomic mass is 79.9. The molecule has 0 saturated heterocycles. The molecule has 0 aromatic carbocycles. The lowest BCUT2D eigenvalue weighted by atomic mass is 10.1. The molecule has 1 fully saturated rings. The first kappa shape index (κ1) is 11.4. The number of hydrogen-bond acceptors (Lipinski definition) is 5. The van der Waals surface area contributed by atoms with Crippen molar-refractivity contribution in [3.05, 3.63) is 21.8 Å². The Morgan fingerprint density at radius 3 is 3.00 bits per heavy atom. The van der Waals surface area contributed by atoms with E-state index in [-0.39, 0.29) is 12.0 Å². The average molecular weight is 314 g/mol. The molecular formula is C11H12BrN3OS. The third-order valence-corrected chi connectivity index (χ3v) is 4.80. The monoisotopic (exact) mass is 313 g/mol. The van der Waals surface area contributed by atoms with E-state index in [1.165, 1.54) is 0 Å². The standard InChI is InChI=1S/C11H12BrN3OS/c12-6-4-9(17-5-6)10-14-11(16-15-10)7-2-1-3-8(7)13/h4-5,7-8H,1-3,13H2. The van der Waals surface area contributed by atoms with Crippen LogP contribution in [0.25, 0.3) is 10.7 Å². The third kappa shape index (κ3) is 2.17. The first-order valence-corrected chi connectivity index (χ1v) is 7.25. The van der Waals surface area contributed by atoms with Gasteiger partial charge in [-0.15, -0.1) is 11.3 Å². The molecule has 0 spiro atoms. The first-order chi connectivity index (χ1) is 8.24. The van der Waals surface area contributed by atoms with Gasteiger partial charge in [0, 0.05) is 15.9 Å². The van der Waals surface area contributed by atoms with Gasteiger partial charge in [0.05, 0.1) is 10.8 Å². The quantitative estimate of drug-likeness (QED) is 0.925. The summed E-state index contributed by atoms with van der Waals surface area (Å²) >= 11 is 5.01. The Balaban J connectivity index is 1.87. The van der Waals surface area contributed by atoms with Gasteiger partial charge in [0.1, 0.15) is 0 Å². The van der Waals surface area contributed by atoms with E-state index in [4.69, 9.17) is 10.3 Å². The molecule has 2 unspecified atom stereocenters. The van der Waals surface area contributed by atoms with E-state index in [1.807, 2.05) is 11.4 Å². The molecule has 2 aromatic heterocycles. The first-order valence-electron chi connectivity index (χ1n) is 5.57. The van der Waals surface area contributed by atoms with Crippen molar-refractivity contribution in [3.8, 4) is 10.7 Å². The van der Waals surface area contributed by atoms with E-state index in [1.54, 1.807) is 11.3 Å². The van der Waals surface area contributed by atoms with Crippen LogP contribution in [0.2, 0.25) is 0 Å². The van der Waals surface area contributed by atoms with Gasteiger partial charge in [0.15, 0.2) is 0 Å². The van der Waals surface area contributed by atoms with Crippen LogP contribution in [-0.2, 0) is 0 Å². The Bertz CT molecular complexity index is 524. The van der Waals surface area contributed by atoms with Crippen LogP contribution in [0, 0.1) is 0 Å². The summed E-state index contributed by atoms with van der Waals surface area (Å²) < 4.78 is 6.38. The van der Waals surface area contributed by atoms with E-state index in [9.17, 15) is 0 Å². The van der Waals surface area contributed by atoms with E-state index < -0.39 is 0 Å². The maximum atomic E-state index is 6.03. The van der Waals surface area contributed by atoms with Gasteiger partial charge in [0.2, 0.25) is 11.7 Å². The highest BCUT2D eigenvalue weighted by molar-refractivity contribution is 9.10. The lowest BCUT2D eigenvalue weighted by Gasteiger charge is -2.08. The van der Waals surface area contributed by atoms with Crippen LogP contribution in [-0.4, -0.2) is 16.2 Å². The molecule has 17 heavy (non-hydrogen) atoms. The predicted octanol–water partition coefficient (Wildman–Crippen LogP) is 3.16. The van der Waals surface area contributed by atoms with Crippen molar-refractivity contribution in [2.24, 2.45) is 5.73 Å². The van der Waals surface area contributed by atoms with Crippen molar-refractivity contribution in [3.63, 3.8) is 0 Å². The lowest BCUT2D eigenvalue weighted by molar-refractivity contribution is 0.345. The molecule has 3 rings (SSSR count). The van der Waals surface area contributed by atoms with E-state index in [2.05, 4.69) is 26.1 Å². The molecular weight excluding hydrogens is 302 g/mol. The summed E-state index contributed by atoms with van der Waals surface area (Å²) in [6.45, 7) is 0. The third-order valence-electron chi connectivity index (χ3n) is 3.12. The predicted molar refractivity (Wildman–Crippen MR) is 69.9 cm³/mol. The molecule has 0 aliphatic heterocycles. The van der Waals surface area contributed by atoms with Crippen LogP contribution >= 0.6 is 27.3 Å². The fourth-order valence-corrected chi connectivity index (χ4v) is 3.56. The Kier molecular flexibility index (Phi) is 3.02. The van der Waals surface area contributed by atoms with Gasteiger partial charge in [0.25, 0.3) is 0 Å². The van der Waals surface area contributed by atoms with E-state index in [0.717, 1.165) is 28.6 Å². The average Bonchev–Trinajstić information content (AvgIpc) is 2.97. The summed E-state index contributed by atoms with van der Waals surface area (Å²) in [4.78, 5) is 5.47. The maximum absolute atomic E-state index is 6.03. The molecule has 2 atom stereocenters. The molecule has 4 nitrogen and oxygen atoms in total. The smallest absolute Gasteiger partial charge is 0.231 e. The molecule has 0 amide bonds. The topological polar surface area (TPSA) is 64.9 Å². The Labute approximate surface area is 111 Å². The van der Waals surface area contributed by atoms with Crippen LogP contribution in [0.15, 0.2) is 20.4 Å². The molecule has 1 aliphatic rings. The summed E-state index contributed by atoms with van der Waals surface area (Å²) in [7, 11) is 0. The van der Waals surface area contributed by atoms with E-state index in [0.29, 0.717) is 11.7 Å². The highest BCUT2D eigenvalue weighted by Gasteiger charge is 2.30. The molecule has 2 heterocycles. The van der Waals surface area contributed by atoms with Crippen LogP contribution in [0.5, 0.6) is 0 Å². The molecule has 90 valence electrons. The SMILES string of the molecule is NC1CCCC1c1nc(-c2cc(Br)cs2)no1. The minimum Gasteiger partial charge on any atom is -0.339 e. The number of nitrogens with two attached hydrogens (primary N) is 1. The molecule has 1 aliphatic carbocycles. The minimum absolute atomic E-state index is 0.165. The molecule has 0 bridgehead atoms. The van der Waals surface area contributed by atoms with Crippen LogP contribution < -0.4 is 5.73 Å². The van der Waals surface area contributed by atoms with Gasteiger partial charge in [-0.3, -0.25) is 0 Å². The number of hydrogen-bond donors (Lipinski definition) is 1. The van der Waals surface area contributed by atoms with E-state index >= 15 is 0 Å². The number of nitrogens with zero attached hydrogens (tertiary/aromatic N) is 2. The van der Waals surface area contributed by atoms with Crippen molar-refractivity contribution in [2.75, 3.05) is 0 Å². The van der Waals surface area contributed by atoms with Crippen molar-refractivity contribution in [1.29, 1.82) is 0 Å². The van der Waals surface area contributed by atoms with Crippen LogP contribution in [0.4, 0.5) is 0 Å². The second kappa shape index (κ2) is 4.51. The minimum atomic E-state index is 0.165. The number of thiophene rings is 1. The molecule has 6 heteroatoms. The largest absolute Gasteiger partial charge is 0.339 e. The Hall–Kier alpha value is -0.720. The molecule has 0 radical (unpaired) electrons. The molecule has 2 N–H and O–H groups in total. The van der Waals surface area contributed by atoms with Gasteiger partial charge < -0.3 is 10.3 Å². The van der Waals surface area contributed by atoms with Crippen molar-refractivity contribution in [1.82, 2.24) is 10.1 Å². The molecule has 1 saturated carbocycles. The fraction of sp³-hybridized carbons (Fsp3) is 0.455. The van der Waals surface area contributed by atoms with Gasteiger partial charge in [-0.1, -0.05) is 11.6 Å². The van der Waals surface area contributed by atoms with Crippen molar-refractivity contribution in [2.45, 2.75) is 31.2 Å². The Morgan fingerprint density at radius 2 is 2.35 bits per heavy atom. The lowest BCUT2D eigenvalue weighted by Crippen LogP contribution is -2.22. The van der Waals surface area contributed by atoms with Crippen molar-refractivity contribution >= 4 is 27.3 Å². The zero-order valence-corrected chi connectivity index (χ0v) is 11.5. The maximum Gasteiger partial charge on any atom is 0.231 e. The normalized spacial score (nSPS) is 24.4. The summed E-state index contributed by atoms with van der Waals surface area (Å²) in [5, 5.41) is 6.03. The van der Waals surface area contributed by atoms with Gasteiger partial charge >= 0.3 is 0 Å². The van der Waals surface area contributed by atoms with Gasteiger partial charge in [-0.05, 0) is 34.8 Å². The van der Waals surface area contributed by atoms with Crippen molar-refractivity contribution < 1.29 is 4.52 Å². The number of rotatable bonds is 2. The summed E-state index contributed by atoms with van der Waals surface area (Å²) in [5.41, 5.74) is 6.03. The zero-order valence-electron chi connectivity index (χ0n) is 9.10. The fourth-order valence-electron chi connectivity index (χ4n) is 2.21. The van der Waals surface area contributed by atoms with Gasteiger partial charge in [-0.2, -0.15) is 4.98 Å². The number of aromatic nitrogens is 2. The summed E-state index contributed by atoms with van der Waals surface area (Å²) in [5.74, 6) is 1.59. The second-order valence-electron chi connectivity index (χ2n) is 4.29. The summed E-state index contributed by atoms with van der Waals surface area (Å²) in [6, 6.07) is 2.16. The summed E-state index contributed by atoms with van der Waals surface area (Å²) in [6.07, 6.45) is 3.25. The highest BCUT2D eigenvalue weighted by Crippen LogP contribution is 2.34. The molecule has 2 aromatic rings. The van der Waals surface area contributed by atoms with Crippen LogP contribution in [0.1, 0.15) is 31.1 Å². The second-order valence-corrected chi connectivity index (χ2v) is 6.11. The number of halogens is 1. The Morgan fingerprint density at radius 1 is 1.47 bits per heavy atom. The van der Waals surface area contributed by atoms with Gasteiger partial charge in [-0.25, -0.2) is 0 Å². The zero-order chi connectivity index (χ0) is 11.8. The van der Waals surface area contributed by atoms with Crippen LogP contribution in [0.3, 0.4) is 0 Å².